The molecule has 0 unspecified atom stereocenters. The van der Waals surface area contributed by atoms with Crippen LogP contribution in [0.25, 0.3) is 0 Å². The lowest BCUT2D eigenvalue weighted by Gasteiger charge is -2.12. The molecule has 4 aromatic carbocycles. The maximum Gasteiger partial charge on any atom is 0.200 e. The van der Waals surface area contributed by atoms with Crippen LogP contribution in [-0.4, -0.2) is 11.6 Å². The fourth-order valence-corrected chi connectivity index (χ4v) is 4.22. The summed E-state index contributed by atoms with van der Waals surface area (Å²) in [6, 6.07) is 22.3. The summed E-state index contributed by atoms with van der Waals surface area (Å²) in [6.07, 6.45) is 0. The summed E-state index contributed by atoms with van der Waals surface area (Å²) in [4.78, 5) is 27.1. The van der Waals surface area contributed by atoms with Gasteiger partial charge in [-0.05, 0) is 61.0 Å². The van der Waals surface area contributed by atoms with E-state index >= 15 is 0 Å². The molecule has 0 saturated carbocycles. The second kappa shape index (κ2) is 10.2. The Kier molecular flexibility index (Phi) is 6.62. The number of ketones is 2. The van der Waals surface area contributed by atoms with Crippen LogP contribution >= 0.6 is 0 Å². The van der Waals surface area contributed by atoms with Crippen LogP contribution < -0.4 is 21.7 Å². The molecular formula is C30H24F2N4O2. The third-order valence-electron chi connectivity index (χ3n) is 6.12. The van der Waals surface area contributed by atoms with Crippen LogP contribution in [0.1, 0.15) is 31.8 Å². The van der Waals surface area contributed by atoms with Gasteiger partial charge >= 0.3 is 0 Å². The van der Waals surface area contributed by atoms with Gasteiger partial charge in [0, 0.05) is 35.1 Å². The lowest BCUT2D eigenvalue weighted by atomic mass is 9.94. The Morgan fingerprint density at radius 1 is 0.789 bits per heavy atom. The number of benzene rings is 4. The predicted octanol–water partition coefficient (Wildman–Crippen LogP) is 6.28. The molecule has 0 aromatic heterocycles. The second-order valence-corrected chi connectivity index (χ2v) is 9.04. The molecule has 0 atom stereocenters. The van der Waals surface area contributed by atoms with Crippen LogP contribution in [0.3, 0.4) is 0 Å². The Morgan fingerprint density at radius 3 is 2.18 bits per heavy atom. The van der Waals surface area contributed by atoms with E-state index in [9.17, 15) is 18.4 Å². The highest BCUT2D eigenvalue weighted by molar-refractivity contribution is 6.32. The fraction of sp³-hybridized carbons (Fsp3) is 0.0667. The summed E-state index contributed by atoms with van der Waals surface area (Å²) in [7, 11) is 0. The number of anilines is 4. The molecule has 8 heteroatoms. The molecule has 0 bridgehead atoms. The van der Waals surface area contributed by atoms with E-state index in [-0.39, 0.29) is 22.5 Å². The van der Waals surface area contributed by atoms with Gasteiger partial charge in [-0.15, -0.1) is 0 Å². The minimum Gasteiger partial charge on any atom is -0.399 e. The topological polar surface area (TPSA) is 96.2 Å². The van der Waals surface area contributed by atoms with E-state index in [4.69, 9.17) is 5.73 Å². The van der Waals surface area contributed by atoms with Crippen molar-refractivity contribution < 1.29 is 18.4 Å². The molecule has 6 nitrogen and oxygen atoms in total. The van der Waals surface area contributed by atoms with Crippen LogP contribution in [0.4, 0.5) is 31.5 Å². The van der Waals surface area contributed by atoms with Gasteiger partial charge in [-0.3, -0.25) is 9.59 Å². The Balaban J connectivity index is 1.48. The van der Waals surface area contributed by atoms with Crippen LogP contribution in [-0.2, 0) is 6.54 Å². The zero-order valence-electron chi connectivity index (χ0n) is 20.4. The van der Waals surface area contributed by atoms with Crippen molar-refractivity contribution in [3.63, 3.8) is 0 Å². The monoisotopic (exact) mass is 510 g/mol. The molecule has 0 radical (unpaired) electrons. The standard InChI is InChI=1S/C30H24F2N4O2/c1-17-3-2-4-19(11-17)28(37)27(29(38)20-12-21(31)14-22(32)13-20)30-35-25-10-9-24(15-26(25)36-30)34-16-18-5-7-23(33)8-6-18/h2-15,34-36H,16,33H2,1H3. The van der Waals surface area contributed by atoms with Crippen molar-refractivity contribution in [2.45, 2.75) is 13.5 Å². The van der Waals surface area contributed by atoms with E-state index in [0.29, 0.717) is 29.7 Å². The molecule has 190 valence electrons. The number of carbonyl (C=O) groups excluding carboxylic acids is 2. The van der Waals surface area contributed by atoms with Gasteiger partial charge in [-0.25, -0.2) is 8.78 Å². The van der Waals surface area contributed by atoms with Crippen molar-refractivity contribution in [1.82, 2.24) is 0 Å². The Labute approximate surface area is 218 Å². The van der Waals surface area contributed by atoms with Crippen LogP contribution in [0.2, 0.25) is 0 Å². The minimum absolute atomic E-state index is 0.136. The van der Waals surface area contributed by atoms with Crippen molar-refractivity contribution >= 4 is 34.3 Å². The number of allylic oxidation sites excluding steroid dienone is 1. The molecular weight excluding hydrogens is 486 g/mol. The minimum atomic E-state index is -0.909. The first-order valence-electron chi connectivity index (χ1n) is 11.9. The third-order valence-corrected chi connectivity index (χ3v) is 6.12. The lowest BCUT2D eigenvalue weighted by molar-refractivity contribution is 0.0960. The summed E-state index contributed by atoms with van der Waals surface area (Å²) in [5, 5.41) is 9.52. The molecule has 4 aromatic rings. The van der Waals surface area contributed by atoms with Crippen molar-refractivity contribution in [1.29, 1.82) is 0 Å². The summed E-state index contributed by atoms with van der Waals surface area (Å²) < 4.78 is 27.9. The molecule has 0 amide bonds. The molecule has 5 rings (SSSR count). The highest BCUT2D eigenvalue weighted by Crippen LogP contribution is 2.35. The number of carbonyl (C=O) groups is 2. The van der Waals surface area contributed by atoms with E-state index in [1.807, 2.05) is 55.5 Å². The number of nitrogens with one attached hydrogen (secondary N) is 3. The molecule has 0 fully saturated rings. The van der Waals surface area contributed by atoms with Crippen LogP contribution in [0.15, 0.2) is 96.3 Å². The van der Waals surface area contributed by atoms with Gasteiger partial charge in [0.15, 0.2) is 0 Å². The zero-order valence-corrected chi connectivity index (χ0v) is 20.4. The number of hydrogen-bond acceptors (Lipinski definition) is 6. The van der Waals surface area contributed by atoms with Gasteiger partial charge in [0.25, 0.3) is 0 Å². The molecule has 1 heterocycles. The first-order valence-corrected chi connectivity index (χ1v) is 11.9. The lowest BCUT2D eigenvalue weighted by Crippen LogP contribution is -2.21. The molecule has 0 spiro atoms. The van der Waals surface area contributed by atoms with Crippen LogP contribution in [0, 0.1) is 18.6 Å². The predicted molar refractivity (Wildman–Crippen MR) is 145 cm³/mol. The second-order valence-electron chi connectivity index (χ2n) is 9.04. The van der Waals surface area contributed by atoms with Gasteiger partial charge in [0.05, 0.1) is 11.4 Å². The number of halogens is 2. The molecule has 0 saturated heterocycles. The van der Waals surface area contributed by atoms with Gasteiger partial charge < -0.3 is 21.7 Å². The summed E-state index contributed by atoms with van der Waals surface area (Å²) in [6.45, 7) is 2.39. The highest BCUT2D eigenvalue weighted by atomic mass is 19.1. The number of rotatable bonds is 7. The Morgan fingerprint density at radius 2 is 1.47 bits per heavy atom. The van der Waals surface area contributed by atoms with Gasteiger partial charge in [-0.2, -0.15) is 0 Å². The number of Topliss-reactive ketones (excluding diaryl/α,β-unsaturated/α-hetero) is 2. The number of nitrogen functional groups attached to an aromatic ring is 1. The summed E-state index contributed by atoms with van der Waals surface area (Å²) in [5.74, 6) is -3.06. The Hall–Kier alpha value is -4.98. The number of nitrogens with two attached hydrogens (primary N) is 1. The van der Waals surface area contributed by atoms with E-state index in [2.05, 4.69) is 16.0 Å². The average molecular weight is 511 g/mol. The highest BCUT2D eigenvalue weighted by Gasteiger charge is 2.30. The van der Waals surface area contributed by atoms with Crippen molar-refractivity contribution in [3.8, 4) is 0 Å². The number of hydrogen-bond donors (Lipinski definition) is 4. The van der Waals surface area contributed by atoms with Crippen molar-refractivity contribution in [3.05, 3.63) is 130 Å². The zero-order chi connectivity index (χ0) is 26.8. The normalized spacial score (nSPS) is 13.2. The number of fused-ring (bicyclic) bond motifs is 1. The fourth-order valence-electron chi connectivity index (χ4n) is 4.22. The van der Waals surface area contributed by atoms with Crippen molar-refractivity contribution in [2.75, 3.05) is 21.7 Å². The van der Waals surface area contributed by atoms with Gasteiger partial charge in [-0.1, -0.05) is 35.9 Å². The molecule has 1 aliphatic heterocycles. The smallest absolute Gasteiger partial charge is 0.200 e. The molecule has 5 N–H and O–H groups in total. The quantitative estimate of drug-likeness (QED) is 0.0768. The summed E-state index contributed by atoms with van der Waals surface area (Å²) >= 11 is 0. The third kappa shape index (κ3) is 5.24. The molecule has 0 aliphatic carbocycles. The largest absolute Gasteiger partial charge is 0.399 e. The SMILES string of the molecule is Cc1cccc(C(=O)C(C(=O)c2cc(F)cc(F)c2)=C2Nc3ccc(NCc4ccc(N)cc4)cc3N2)c1. The number of aryl methyl sites for hydroxylation is 1. The maximum atomic E-state index is 13.9. The van der Waals surface area contributed by atoms with E-state index in [1.165, 1.54) is 0 Å². The van der Waals surface area contributed by atoms with E-state index in [1.54, 1.807) is 18.2 Å². The first kappa shape index (κ1) is 24.7. The summed E-state index contributed by atoms with van der Waals surface area (Å²) in [5.41, 5.74) is 10.2. The molecule has 38 heavy (non-hydrogen) atoms. The van der Waals surface area contributed by atoms with E-state index in [0.717, 1.165) is 28.9 Å². The Bertz CT molecular complexity index is 1580. The van der Waals surface area contributed by atoms with Crippen LogP contribution in [0.5, 0.6) is 0 Å². The average Bonchev–Trinajstić information content (AvgIpc) is 3.30. The van der Waals surface area contributed by atoms with Gasteiger partial charge in [0.1, 0.15) is 23.0 Å². The maximum absolute atomic E-state index is 13.9. The van der Waals surface area contributed by atoms with E-state index < -0.39 is 23.2 Å². The molecule has 1 aliphatic rings. The van der Waals surface area contributed by atoms with Gasteiger partial charge in [0.2, 0.25) is 11.6 Å². The van der Waals surface area contributed by atoms with Crippen molar-refractivity contribution in [2.24, 2.45) is 0 Å². The first-order chi connectivity index (χ1) is 18.3.